The highest BCUT2D eigenvalue weighted by molar-refractivity contribution is 4.93. The van der Waals surface area contributed by atoms with E-state index in [0.717, 1.165) is 35.5 Å². The van der Waals surface area contributed by atoms with Crippen molar-refractivity contribution in [3.05, 3.63) is 12.2 Å². The smallest absolute Gasteiger partial charge is 0.0928 e. The lowest BCUT2D eigenvalue weighted by Crippen LogP contribution is -2.29. The van der Waals surface area contributed by atoms with Gasteiger partial charge in [0.2, 0.25) is 0 Å². The van der Waals surface area contributed by atoms with Crippen molar-refractivity contribution < 1.29 is 4.39 Å². The number of hydrogen-bond acceptors (Lipinski definition) is 0. The van der Waals surface area contributed by atoms with Crippen LogP contribution in [0.15, 0.2) is 12.2 Å². The van der Waals surface area contributed by atoms with Gasteiger partial charge in [-0.05, 0) is 106 Å². The van der Waals surface area contributed by atoms with Crippen molar-refractivity contribution in [2.24, 2.45) is 35.5 Å². The van der Waals surface area contributed by atoms with Crippen LogP contribution in [0.4, 0.5) is 4.39 Å². The van der Waals surface area contributed by atoms with Crippen molar-refractivity contribution in [2.45, 2.75) is 110 Å². The molecule has 0 radical (unpaired) electrons. The van der Waals surface area contributed by atoms with Gasteiger partial charge in [0, 0.05) is 0 Å². The van der Waals surface area contributed by atoms with Crippen LogP contribution in [0.2, 0.25) is 0 Å². The highest BCUT2D eigenvalue weighted by Gasteiger charge is 2.34. The van der Waals surface area contributed by atoms with Crippen molar-refractivity contribution in [3.63, 3.8) is 0 Å². The van der Waals surface area contributed by atoms with Crippen LogP contribution < -0.4 is 0 Å². The predicted octanol–water partition coefficient (Wildman–Crippen LogP) is 8.51. The van der Waals surface area contributed by atoms with E-state index in [1.807, 2.05) is 0 Å². The number of alkyl halides is 1. The maximum Gasteiger partial charge on any atom is 0.0928 e. The summed E-state index contributed by atoms with van der Waals surface area (Å²) in [4.78, 5) is 0. The van der Waals surface area contributed by atoms with Crippen LogP contribution in [0, 0.1) is 35.5 Å². The molecular formula is C26H45F. The van der Waals surface area contributed by atoms with E-state index >= 15 is 0 Å². The van der Waals surface area contributed by atoms with Gasteiger partial charge >= 0.3 is 0 Å². The minimum Gasteiger partial charge on any atom is -0.251 e. The molecule has 0 aliphatic heterocycles. The van der Waals surface area contributed by atoms with E-state index in [1.54, 1.807) is 12.8 Å². The Labute approximate surface area is 168 Å². The van der Waals surface area contributed by atoms with Crippen LogP contribution >= 0.6 is 0 Å². The van der Waals surface area contributed by atoms with Crippen molar-refractivity contribution in [1.29, 1.82) is 0 Å². The SMILES string of the molecule is CCCCC1CCC(C2CCC([C@H]3CC[C@H](/C=C/CCF)CC3)CC2)CC1. The summed E-state index contributed by atoms with van der Waals surface area (Å²) >= 11 is 0. The standard InChI is InChI=1S/C26H45F/c1-2-3-6-21-8-12-23(13-9-21)25-16-18-26(19-17-25)24-14-10-22(11-15-24)7-4-5-20-27/h4,7,21-26H,2-3,5-6,8-20H2,1H3/b7-4+/t21?,22-,23?,24-,25?,26?. The van der Waals surface area contributed by atoms with Gasteiger partial charge in [-0.15, -0.1) is 0 Å². The molecule has 3 aliphatic rings. The Bertz CT molecular complexity index is 404. The highest BCUT2D eigenvalue weighted by atomic mass is 19.1. The Morgan fingerprint density at radius 3 is 1.67 bits per heavy atom. The Hall–Kier alpha value is -0.330. The molecule has 0 nitrogen and oxygen atoms in total. The molecule has 156 valence electrons. The summed E-state index contributed by atoms with van der Waals surface area (Å²) in [7, 11) is 0. The van der Waals surface area contributed by atoms with Crippen LogP contribution in [-0.4, -0.2) is 6.67 Å². The lowest BCUT2D eigenvalue weighted by atomic mass is 9.65. The predicted molar refractivity (Wildman–Crippen MR) is 116 cm³/mol. The van der Waals surface area contributed by atoms with Crippen molar-refractivity contribution in [1.82, 2.24) is 0 Å². The molecule has 27 heavy (non-hydrogen) atoms. The molecule has 0 N–H and O–H groups in total. The van der Waals surface area contributed by atoms with E-state index in [4.69, 9.17) is 0 Å². The zero-order valence-corrected chi connectivity index (χ0v) is 18.0. The lowest BCUT2D eigenvalue weighted by Gasteiger charge is -2.41. The van der Waals surface area contributed by atoms with Gasteiger partial charge in [-0.2, -0.15) is 0 Å². The zero-order chi connectivity index (χ0) is 18.9. The van der Waals surface area contributed by atoms with Crippen molar-refractivity contribution >= 4 is 0 Å². The Morgan fingerprint density at radius 1 is 0.704 bits per heavy atom. The summed E-state index contributed by atoms with van der Waals surface area (Å²) in [5.74, 6) is 5.96. The van der Waals surface area contributed by atoms with Crippen LogP contribution in [0.25, 0.3) is 0 Å². The number of halogens is 1. The average Bonchev–Trinajstić information content (AvgIpc) is 2.73. The first-order valence-corrected chi connectivity index (χ1v) is 12.5. The molecule has 3 aliphatic carbocycles. The number of allylic oxidation sites excluding steroid dienone is 2. The molecule has 3 fully saturated rings. The van der Waals surface area contributed by atoms with E-state index in [2.05, 4.69) is 19.1 Å². The summed E-state index contributed by atoms with van der Waals surface area (Å²) in [6, 6.07) is 0. The van der Waals surface area contributed by atoms with Gasteiger partial charge in [0.1, 0.15) is 0 Å². The fourth-order valence-electron chi connectivity index (χ4n) is 6.69. The van der Waals surface area contributed by atoms with E-state index in [1.165, 1.54) is 83.5 Å². The van der Waals surface area contributed by atoms with Gasteiger partial charge in [-0.1, -0.05) is 51.2 Å². The molecule has 0 amide bonds. The Kier molecular flexibility index (Phi) is 9.20. The number of unbranched alkanes of at least 4 members (excludes halogenated alkanes) is 1. The summed E-state index contributed by atoms with van der Waals surface area (Å²) in [5, 5.41) is 0. The van der Waals surface area contributed by atoms with Gasteiger partial charge in [-0.25, -0.2) is 0 Å². The summed E-state index contributed by atoms with van der Waals surface area (Å²) in [6.07, 6.45) is 27.2. The molecule has 0 atom stereocenters. The summed E-state index contributed by atoms with van der Waals surface area (Å²) in [6.45, 7) is 2.13. The van der Waals surface area contributed by atoms with E-state index in [9.17, 15) is 4.39 Å². The van der Waals surface area contributed by atoms with Gasteiger partial charge in [0.15, 0.2) is 0 Å². The highest BCUT2D eigenvalue weighted by Crippen LogP contribution is 2.46. The maximum atomic E-state index is 12.2. The van der Waals surface area contributed by atoms with Gasteiger partial charge < -0.3 is 0 Å². The van der Waals surface area contributed by atoms with E-state index in [0.29, 0.717) is 6.42 Å². The Balaban J connectivity index is 1.33. The summed E-state index contributed by atoms with van der Waals surface area (Å²) < 4.78 is 12.2. The third-order valence-electron chi connectivity index (χ3n) is 8.51. The molecule has 1 heteroatoms. The molecule has 0 heterocycles. The van der Waals surface area contributed by atoms with Crippen LogP contribution in [-0.2, 0) is 0 Å². The molecule has 0 saturated heterocycles. The monoisotopic (exact) mass is 376 g/mol. The molecule has 3 rings (SSSR count). The molecule has 0 spiro atoms. The zero-order valence-electron chi connectivity index (χ0n) is 18.0. The first-order chi connectivity index (χ1) is 13.3. The molecule has 3 saturated carbocycles. The van der Waals surface area contributed by atoms with Crippen molar-refractivity contribution in [3.8, 4) is 0 Å². The Morgan fingerprint density at radius 2 is 1.19 bits per heavy atom. The topological polar surface area (TPSA) is 0 Å². The second kappa shape index (κ2) is 11.6. The molecule has 0 aromatic rings. The first-order valence-electron chi connectivity index (χ1n) is 12.5. The largest absolute Gasteiger partial charge is 0.251 e. The number of rotatable bonds is 8. The minimum absolute atomic E-state index is 0.199. The molecular weight excluding hydrogens is 331 g/mol. The maximum absolute atomic E-state index is 12.2. The average molecular weight is 377 g/mol. The van der Waals surface area contributed by atoms with Gasteiger partial charge in [0.05, 0.1) is 6.67 Å². The fourth-order valence-corrected chi connectivity index (χ4v) is 6.69. The van der Waals surface area contributed by atoms with Gasteiger partial charge in [-0.3, -0.25) is 4.39 Å². The lowest BCUT2D eigenvalue weighted by molar-refractivity contribution is 0.107. The van der Waals surface area contributed by atoms with Crippen molar-refractivity contribution in [2.75, 3.05) is 6.67 Å². The molecule has 0 unspecified atom stereocenters. The van der Waals surface area contributed by atoms with Crippen LogP contribution in [0.5, 0.6) is 0 Å². The third-order valence-corrected chi connectivity index (χ3v) is 8.51. The molecule has 0 aromatic heterocycles. The number of hydrogen-bond donors (Lipinski definition) is 0. The van der Waals surface area contributed by atoms with Gasteiger partial charge in [0.25, 0.3) is 0 Å². The molecule has 0 bridgehead atoms. The van der Waals surface area contributed by atoms with E-state index in [-0.39, 0.29) is 6.67 Å². The van der Waals surface area contributed by atoms with Crippen LogP contribution in [0.1, 0.15) is 110 Å². The summed E-state index contributed by atoms with van der Waals surface area (Å²) in [5.41, 5.74) is 0. The minimum atomic E-state index is -0.199. The van der Waals surface area contributed by atoms with Crippen LogP contribution in [0.3, 0.4) is 0 Å². The second-order valence-electron chi connectivity index (χ2n) is 10.2. The quantitative estimate of drug-likeness (QED) is 0.372. The third kappa shape index (κ3) is 6.60. The fraction of sp³-hybridized carbons (Fsp3) is 0.923. The second-order valence-corrected chi connectivity index (χ2v) is 10.2. The molecule has 0 aromatic carbocycles. The van der Waals surface area contributed by atoms with E-state index < -0.39 is 0 Å². The first kappa shape index (κ1) is 21.4. The normalized spacial score (nSPS) is 38.3.